The van der Waals surface area contributed by atoms with Crippen molar-refractivity contribution in [1.29, 1.82) is 0 Å². The Hall–Kier alpha value is -1.71. The fourth-order valence-corrected chi connectivity index (χ4v) is 2.32. The molecule has 3 rings (SSSR count). The molecule has 1 heterocycles. The Morgan fingerprint density at radius 2 is 1.89 bits per heavy atom. The standard InChI is InChI=1S/C15H13ClO3/c16-12-4-2-1-3-10(12)7-13(17)11-5-6-14-15(8-11)19-9-18-14/h1-6,8,13,17H,7,9H2. The minimum atomic E-state index is -0.616. The van der Waals surface area contributed by atoms with Crippen LogP contribution in [0.25, 0.3) is 0 Å². The zero-order valence-electron chi connectivity index (χ0n) is 10.2. The van der Waals surface area contributed by atoms with E-state index in [-0.39, 0.29) is 6.79 Å². The summed E-state index contributed by atoms with van der Waals surface area (Å²) in [7, 11) is 0. The van der Waals surface area contributed by atoms with Crippen molar-refractivity contribution in [1.82, 2.24) is 0 Å². The monoisotopic (exact) mass is 276 g/mol. The maximum Gasteiger partial charge on any atom is 0.231 e. The summed E-state index contributed by atoms with van der Waals surface area (Å²) in [6.45, 7) is 0.236. The van der Waals surface area contributed by atoms with E-state index in [1.807, 2.05) is 42.5 Å². The number of hydrogen-bond acceptors (Lipinski definition) is 3. The highest BCUT2D eigenvalue weighted by atomic mass is 35.5. The van der Waals surface area contributed by atoms with Crippen LogP contribution in [0.5, 0.6) is 11.5 Å². The van der Waals surface area contributed by atoms with Crippen molar-refractivity contribution in [2.45, 2.75) is 12.5 Å². The third-order valence-electron chi connectivity index (χ3n) is 3.15. The molecule has 0 saturated heterocycles. The van der Waals surface area contributed by atoms with E-state index in [0.29, 0.717) is 22.9 Å². The predicted octanol–water partition coefficient (Wildman–Crippen LogP) is 3.34. The van der Waals surface area contributed by atoms with Crippen LogP contribution in [0, 0.1) is 0 Å². The molecule has 1 N–H and O–H groups in total. The fraction of sp³-hybridized carbons (Fsp3) is 0.200. The first-order valence-electron chi connectivity index (χ1n) is 6.05. The molecule has 0 fully saturated rings. The normalized spacial score (nSPS) is 14.4. The number of fused-ring (bicyclic) bond motifs is 1. The topological polar surface area (TPSA) is 38.7 Å². The first kappa shape index (κ1) is 12.3. The van der Waals surface area contributed by atoms with Gasteiger partial charge in [0, 0.05) is 11.4 Å². The maximum absolute atomic E-state index is 10.3. The smallest absolute Gasteiger partial charge is 0.231 e. The number of halogens is 1. The zero-order valence-corrected chi connectivity index (χ0v) is 10.9. The zero-order chi connectivity index (χ0) is 13.2. The van der Waals surface area contributed by atoms with Crippen LogP contribution in [0.15, 0.2) is 42.5 Å². The number of hydrogen-bond donors (Lipinski definition) is 1. The molecule has 0 spiro atoms. The Kier molecular flexibility index (Phi) is 3.32. The molecular formula is C15H13ClO3. The first-order valence-corrected chi connectivity index (χ1v) is 6.43. The van der Waals surface area contributed by atoms with Gasteiger partial charge in [-0.25, -0.2) is 0 Å². The third-order valence-corrected chi connectivity index (χ3v) is 3.52. The molecular weight excluding hydrogens is 264 g/mol. The minimum Gasteiger partial charge on any atom is -0.454 e. The average molecular weight is 277 g/mol. The quantitative estimate of drug-likeness (QED) is 0.934. The lowest BCUT2D eigenvalue weighted by molar-refractivity contribution is 0.171. The average Bonchev–Trinajstić information content (AvgIpc) is 2.88. The van der Waals surface area contributed by atoms with Crippen molar-refractivity contribution in [2.75, 3.05) is 6.79 Å². The molecule has 2 aromatic carbocycles. The van der Waals surface area contributed by atoms with E-state index >= 15 is 0 Å². The maximum atomic E-state index is 10.3. The van der Waals surface area contributed by atoms with Gasteiger partial charge in [-0.15, -0.1) is 0 Å². The molecule has 4 heteroatoms. The minimum absolute atomic E-state index is 0.236. The Balaban J connectivity index is 1.81. The van der Waals surface area contributed by atoms with Gasteiger partial charge in [0.05, 0.1) is 6.10 Å². The van der Waals surface area contributed by atoms with Gasteiger partial charge in [-0.1, -0.05) is 35.9 Å². The van der Waals surface area contributed by atoms with Gasteiger partial charge in [0.15, 0.2) is 11.5 Å². The first-order chi connectivity index (χ1) is 9.24. The van der Waals surface area contributed by atoms with Gasteiger partial charge in [0.2, 0.25) is 6.79 Å². The van der Waals surface area contributed by atoms with Crippen molar-refractivity contribution in [3.63, 3.8) is 0 Å². The Bertz CT molecular complexity index is 598. The predicted molar refractivity (Wildman–Crippen MR) is 72.7 cm³/mol. The lowest BCUT2D eigenvalue weighted by Crippen LogP contribution is -2.02. The lowest BCUT2D eigenvalue weighted by Gasteiger charge is -2.12. The number of benzene rings is 2. The van der Waals surface area contributed by atoms with Crippen LogP contribution in [0.3, 0.4) is 0 Å². The van der Waals surface area contributed by atoms with Gasteiger partial charge in [0.1, 0.15) is 0 Å². The second kappa shape index (κ2) is 5.11. The van der Waals surface area contributed by atoms with Crippen molar-refractivity contribution in [2.24, 2.45) is 0 Å². The molecule has 0 amide bonds. The number of ether oxygens (including phenoxy) is 2. The molecule has 0 bridgehead atoms. The summed E-state index contributed by atoms with van der Waals surface area (Å²) in [6.07, 6.45) is -0.145. The van der Waals surface area contributed by atoms with Gasteiger partial charge >= 0.3 is 0 Å². The lowest BCUT2D eigenvalue weighted by atomic mass is 10.0. The highest BCUT2D eigenvalue weighted by Crippen LogP contribution is 2.35. The highest BCUT2D eigenvalue weighted by Gasteiger charge is 2.17. The van der Waals surface area contributed by atoms with Crippen molar-refractivity contribution >= 4 is 11.6 Å². The SMILES string of the molecule is OC(Cc1ccccc1Cl)c1ccc2c(c1)OCO2. The summed E-state index contributed by atoms with van der Waals surface area (Å²) in [5, 5.41) is 10.9. The van der Waals surface area contributed by atoms with Crippen LogP contribution in [0.1, 0.15) is 17.2 Å². The number of aliphatic hydroxyl groups excluding tert-OH is 1. The summed E-state index contributed by atoms with van der Waals surface area (Å²) in [6, 6.07) is 13.0. The van der Waals surface area contributed by atoms with Crippen molar-refractivity contribution < 1.29 is 14.6 Å². The molecule has 1 aliphatic heterocycles. The second-order valence-corrected chi connectivity index (χ2v) is 4.83. The van der Waals surface area contributed by atoms with E-state index in [1.54, 1.807) is 0 Å². The highest BCUT2D eigenvalue weighted by molar-refractivity contribution is 6.31. The van der Waals surface area contributed by atoms with Crippen LogP contribution < -0.4 is 9.47 Å². The summed E-state index contributed by atoms with van der Waals surface area (Å²) >= 11 is 6.09. The van der Waals surface area contributed by atoms with Crippen LogP contribution in [0.4, 0.5) is 0 Å². The van der Waals surface area contributed by atoms with Crippen LogP contribution >= 0.6 is 11.6 Å². The van der Waals surface area contributed by atoms with Crippen molar-refractivity contribution in [3.05, 3.63) is 58.6 Å². The number of aliphatic hydroxyl groups is 1. The third kappa shape index (κ3) is 2.53. The summed E-state index contributed by atoms with van der Waals surface area (Å²) < 4.78 is 10.5. The van der Waals surface area contributed by atoms with Gasteiger partial charge in [0.25, 0.3) is 0 Å². The summed E-state index contributed by atoms with van der Waals surface area (Å²) in [5.74, 6) is 1.39. The van der Waals surface area contributed by atoms with E-state index in [0.717, 1.165) is 11.1 Å². The molecule has 0 aromatic heterocycles. The molecule has 0 saturated carbocycles. The molecule has 1 atom stereocenters. The molecule has 2 aromatic rings. The summed E-state index contributed by atoms with van der Waals surface area (Å²) in [4.78, 5) is 0. The Labute approximate surface area is 116 Å². The molecule has 1 aliphatic rings. The van der Waals surface area contributed by atoms with E-state index in [4.69, 9.17) is 21.1 Å². The second-order valence-electron chi connectivity index (χ2n) is 4.42. The van der Waals surface area contributed by atoms with Crippen LogP contribution in [0.2, 0.25) is 5.02 Å². The Morgan fingerprint density at radius 3 is 2.74 bits per heavy atom. The molecule has 19 heavy (non-hydrogen) atoms. The number of rotatable bonds is 3. The van der Waals surface area contributed by atoms with E-state index in [9.17, 15) is 5.11 Å². The van der Waals surface area contributed by atoms with Crippen LogP contribution in [-0.2, 0) is 6.42 Å². The summed E-state index contributed by atoms with van der Waals surface area (Å²) in [5.41, 5.74) is 1.72. The molecule has 0 aliphatic carbocycles. The Morgan fingerprint density at radius 1 is 1.11 bits per heavy atom. The molecule has 1 unspecified atom stereocenters. The van der Waals surface area contributed by atoms with Crippen molar-refractivity contribution in [3.8, 4) is 11.5 Å². The van der Waals surface area contributed by atoms with E-state index in [2.05, 4.69) is 0 Å². The van der Waals surface area contributed by atoms with E-state index < -0.39 is 6.10 Å². The van der Waals surface area contributed by atoms with Gasteiger partial charge < -0.3 is 14.6 Å². The van der Waals surface area contributed by atoms with Gasteiger partial charge in [-0.05, 0) is 29.3 Å². The van der Waals surface area contributed by atoms with Gasteiger partial charge in [-0.2, -0.15) is 0 Å². The molecule has 3 nitrogen and oxygen atoms in total. The van der Waals surface area contributed by atoms with Crippen LogP contribution in [-0.4, -0.2) is 11.9 Å². The fourth-order valence-electron chi connectivity index (χ4n) is 2.11. The largest absolute Gasteiger partial charge is 0.454 e. The van der Waals surface area contributed by atoms with Gasteiger partial charge in [-0.3, -0.25) is 0 Å². The van der Waals surface area contributed by atoms with E-state index in [1.165, 1.54) is 0 Å². The molecule has 98 valence electrons. The molecule has 0 radical (unpaired) electrons.